The van der Waals surface area contributed by atoms with Gasteiger partial charge in [-0.15, -0.1) is 0 Å². The van der Waals surface area contributed by atoms with Gasteiger partial charge in [-0.25, -0.2) is 4.79 Å². The summed E-state index contributed by atoms with van der Waals surface area (Å²) in [6.07, 6.45) is 4.43. The summed E-state index contributed by atoms with van der Waals surface area (Å²) < 4.78 is 4.61. The lowest BCUT2D eigenvalue weighted by molar-refractivity contribution is -0.107. The van der Waals surface area contributed by atoms with Crippen LogP contribution in [0.15, 0.2) is 24.3 Å². The second-order valence-electron chi connectivity index (χ2n) is 3.60. The van der Waals surface area contributed by atoms with Crippen LogP contribution in [0.2, 0.25) is 0 Å². The Morgan fingerprint density at radius 3 is 2.50 bits per heavy atom. The molecule has 1 rings (SSSR count). The van der Waals surface area contributed by atoms with Gasteiger partial charge in [-0.1, -0.05) is 12.1 Å². The number of carbonyl (C=O) groups is 2. The number of hydrogen-bond acceptors (Lipinski definition) is 3. The number of carbonyl (C=O) groups excluding carboxylic acids is 2. The molecule has 16 heavy (non-hydrogen) atoms. The van der Waals surface area contributed by atoms with Gasteiger partial charge in [0.2, 0.25) is 0 Å². The lowest BCUT2D eigenvalue weighted by Gasteiger charge is -2.02. The number of rotatable bonds is 6. The van der Waals surface area contributed by atoms with Crippen LogP contribution < -0.4 is 0 Å². The molecule has 0 aliphatic rings. The highest BCUT2D eigenvalue weighted by Gasteiger charge is 2.03. The number of aryl methyl sites for hydroxylation is 1. The van der Waals surface area contributed by atoms with Gasteiger partial charge >= 0.3 is 5.97 Å². The van der Waals surface area contributed by atoms with E-state index in [0.717, 1.165) is 25.5 Å². The molecule has 0 N–H and O–H groups in total. The lowest BCUT2D eigenvalue weighted by Crippen LogP contribution is -2.00. The number of esters is 1. The van der Waals surface area contributed by atoms with Crippen LogP contribution in [0.1, 0.15) is 35.2 Å². The third kappa shape index (κ3) is 3.85. The average molecular weight is 220 g/mol. The van der Waals surface area contributed by atoms with Gasteiger partial charge in [0.15, 0.2) is 0 Å². The first kappa shape index (κ1) is 12.4. The maximum absolute atomic E-state index is 11.2. The minimum absolute atomic E-state index is 0.312. The quantitative estimate of drug-likeness (QED) is 0.420. The maximum Gasteiger partial charge on any atom is 0.337 e. The van der Waals surface area contributed by atoms with Crippen LogP contribution in [-0.2, 0) is 16.0 Å². The smallest absolute Gasteiger partial charge is 0.337 e. The summed E-state index contributed by atoms with van der Waals surface area (Å²) in [7, 11) is 1.37. The number of hydrogen-bond donors (Lipinski definition) is 0. The molecule has 0 radical (unpaired) electrons. The predicted octanol–water partition coefficient (Wildman–Crippen LogP) is 2.38. The second-order valence-corrected chi connectivity index (χ2v) is 3.60. The van der Waals surface area contributed by atoms with Crippen LogP contribution in [0, 0.1) is 0 Å². The Morgan fingerprint density at radius 1 is 1.25 bits per heavy atom. The van der Waals surface area contributed by atoms with Crippen LogP contribution in [0.3, 0.4) is 0 Å². The highest BCUT2D eigenvalue weighted by Crippen LogP contribution is 2.09. The fourth-order valence-electron chi connectivity index (χ4n) is 1.48. The maximum atomic E-state index is 11.2. The summed E-state index contributed by atoms with van der Waals surface area (Å²) in [5, 5.41) is 0. The summed E-state index contributed by atoms with van der Waals surface area (Å²) in [6.45, 7) is 0. The molecular formula is C13H16O3. The van der Waals surface area contributed by atoms with Crippen molar-refractivity contribution in [3.05, 3.63) is 35.4 Å². The monoisotopic (exact) mass is 220 g/mol. The summed E-state index contributed by atoms with van der Waals surface area (Å²) in [5.41, 5.74) is 1.75. The second kappa shape index (κ2) is 6.77. The summed E-state index contributed by atoms with van der Waals surface area (Å²) in [5.74, 6) is -0.312. The van der Waals surface area contributed by atoms with Crippen molar-refractivity contribution in [2.75, 3.05) is 7.11 Å². The summed E-state index contributed by atoms with van der Waals surface area (Å²) >= 11 is 0. The number of aldehydes is 1. The first-order valence-corrected chi connectivity index (χ1v) is 5.39. The van der Waals surface area contributed by atoms with Gasteiger partial charge in [-0.2, -0.15) is 0 Å². The molecule has 0 fully saturated rings. The zero-order valence-corrected chi connectivity index (χ0v) is 9.44. The van der Waals surface area contributed by atoms with Crippen molar-refractivity contribution in [1.82, 2.24) is 0 Å². The van der Waals surface area contributed by atoms with Crippen molar-refractivity contribution >= 4 is 12.3 Å². The normalized spacial score (nSPS) is 9.81. The molecule has 0 bridgehead atoms. The minimum atomic E-state index is -0.312. The van der Waals surface area contributed by atoms with Crippen LogP contribution in [0.25, 0.3) is 0 Å². The largest absolute Gasteiger partial charge is 0.465 e. The molecule has 0 aromatic heterocycles. The van der Waals surface area contributed by atoms with E-state index in [-0.39, 0.29) is 5.97 Å². The van der Waals surface area contributed by atoms with Crippen molar-refractivity contribution in [3.63, 3.8) is 0 Å². The molecule has 1 aromatic carbocycles. The fraction of sp³-hybridized carbons (Fsp3) is 0.385. The number of benzene rings is 1. The van der Waals surface area contributed by atoms with Gasteiger partial charge in [-0.3, -0.25) is 0 Å². The van der Waals surface area contributed by atoms with Crippen molar-refractivity contribution in [1.29, 1.82) is 0 Å². The SMILES string of the molecule is COC(=O)c1ccc(CCCCC=O)cc1. The van der Waals surface area contributed by atoms with Crippen LogP contribution in [0.4, 0.5) is 0 Å². The van der Waals surface area contributed by atoms with Gasteiger partial charge in [0.1, 0.15) is 6.29 Å². The van der Waals surface area contributed by atoms with E-state index in [9.17, 15) is 9.59 Å². The third-order valence-electron chi connectivity index (χ3n) is 2.41. The lowest BCUT2D eigenvalue weighted by atomic mass is 10.1. The Hall–Kier alpha value is -1.64. The summed E-state index contributed by atoms with van der Waals surface area (Å²) in [4.78, 5) is 21.3. The number of unbranched alkanes of at least 4 members (excludes halogenated alkanes) is 2. The molecule has 0 aliphatic heterocycles. The standard InChI is InChI=1S/C13H16O3/c1-16-13(15)12-8-6-11(7-9-12)5-3-2-4-10-14/h6-10H,2-5H2,1H3. The van der Waals surface area contributed by atoms with Gasteiger partial charge in [0.25, 0.3) is 0 Å². The molecule has 0 unspecified atom stereocenters. The van der Waals surface area contributed by atoms with E-state index in [1.165, 1.54) is 12.7 Å². The van der Waals surface area contributed by atoms with E-state index < -0.39 is 0 Å². The zero-order valence-electron chi connectivity index (χ0n) is 9.44. The predicted molar refractivity (Wildman–Crippen MR) is 61.4 cm³/mol. The molecule has 3 nitrogen and oxygen atoms in total. The van der Waals surface area contributed by atoms with Crippen LogP contribution in [0.5, 0.6) is 0 Å². The van der Waals surface area contributed by atoms with Crippen molar-refractivity contribution < 1.29 is 14.3 Å². The zero-order chi connectivity index (χ0) is 11.8. The topological polar surface area (TPSA) is 43.4 Å². The van der Waals surface area contributed by atoms with Gasteiger partial charge < -0.3 is 9.53 Å². The molecule has 0 heterocycles. The molecule has 86 valence electrons. The first-order valence-electron chi connectivity index (χ1n) is 5.39. The van der Waals surface area contributed by atoms with Gasteiger partial charge in [0.05, 0.1) is 12.7 Å². The third-order valence-corrected chi connectivity index (χ3v) is 2.41. The molecular weight excluding hydrogens is 204 g/mol. The van der Waals surface area contributed by atoms with Crippen molar-refractivity contribution in [2.45, 2.75) is 25.7 Å². The molecule has 0 amide bonds. The first-order chi connectivity index (χ1) is 7.77. The molecule has 0 atom stereocenters. The number of methoxy groups -OCH3 is 1. The Kier molecular flexibility index (Phi) is 5.26. The highest BCUT2D eigenvalue weighted by molar-refractivity contribution is 5.89. The van der Waals surface area contributed by atoms with E-state index in [0.29, 0.717) is 12.0 Å². The number of ether oxygens (including phenoxy) is 1. The Balaban J connectivity index is 2.45. The van der Waals surface area contributed by atoms with Crippen molar-refractivity contribution in [2.24, 2.45) is 0 Å². The Labute approximate surface area is 95.4 Å². The minimum Gasteiger partial charge on any atom is -0.465 e. The van der Waals surface area contributed by atoms with E-state index >= 15 is 0 Å². The van der Waals surface area contributed by atoms with Gasteiger partial charge in [-0.05, 0) is 37.0 Å². The van der Waals surface area contributed by atoms with E-state index in [1.54, 1.807) is 12.1 Å². The molecule has 0 spiro atoms. The van der Waals surface area contributed by atoms with Crippen molar-refractivity contribution in [3.8, 4) is 0 Å². The molecule has 3 heteroatoms. The molecule has 0 saturated heterocycles. The van der Waals surface area contributed by atoms with Crippen LogP contribution in [-0.4, -0.2) is 19.4 Å². The summed E-state index contributed by atoms with van der Waals surface area (Å²) in [6, 6.07) is 7.38. The molecule has 0 saturated carbocycles. The molecule has 1 aromatic rings. The molecule has 0 aliphatic carbocycles. The van der Waals surface area contributed by atoms with E-state index in [4.69, 9.17) is 0 Å². The average Bonchev–Trinajstić information content (AvgIpc) is 2.34. The Bertz CT molecular complexity index is 341. The highest BCUT2D eigenvalue weighted by atomic mass is 16.5. The van der Waals surface area contributed by atoms with Gasteiger partial charge in [0, 0.05) is 6.42 Å². The fourth-order valence-corrected chi connectivity index (χ4v) is 1.48. The van der Waals surface area contributed by atoms with E-state index in [2.05, 4.69) is 4.74 Å². The van der Waals surface area contributed by atoms with E-state index in [1.807, 2.05) is 12.1 Å². The van der Waals surface area contributed by atoms with Crippen LogP contribution >= 0.6 is 0 Å². The Morgan fingerprint density at radius 2 is 1.94 bits per heavy atom.